The molecule has 0 atom stereocenters. The first-order chi connectivity index (χ1) is 17.3. The van der Waals surface area contributed by atoms with Gasteiger partial charge in [-0.1, -0.05) is 34.5 Å². The maximum atomic E-state index is 13.2. The normalized spacial score (nSPS) is 15.6. The topological polar surface area (TPSA) is 85.0 Å². The van der Waals surface area contributed by atoms with Crippen molar-refractivity contribution < 1.29 is 14.5 Å². The lowest BCUT2D eigenvalue weighted by Gasteiger charge is -2.14. The summed E-state index contributed by atoms with van der Waals surface area (Å²) in [6.07, 6.45) is 2.59. The Morgan fingerprint density at radius 3 is 2.53 bits per heavy atom. The highest BCUT2D eigenvalue weighted by Gasteiger charge is 2.33. The minimum atomic E-state index is -0.438. The molecule has 0 unspecified atom stereocenters. The van der Waals surface area contributed by atoms with Gasteiger partial charge in [0.15, 0.2) is 5.17 Å². The summed E-state index contributed by atoms with van der Waals surface area (Å²) in [6, 6.07) is 18.9. The van der Waals surface area contributed by atoms with Crippen molar-refractivity contribution in [3.05, 3.63) is 102 Å². The number of nitro benzene ring substituents is 1. The smallest absolute Gasteiger partial charge is 0.269 e. The van der Waals surface area contributed by atoms with E-state index in [2.05, 4.69) is 20.9 Å². The standard InChI is InChI=1S/C26H21BrClN3O4S/c1-2-13-30-25(32)24(36-26(30)29-21-8-6-20(28)7-9-21)15-18-14-19(27)5-12-23(18)35-16-17-3-10-22(11-4-17)31(33)34/h3-12,14-15H,2,13,16H2,1H3/b24-15-,29-26?. The highest BCUT2D eigenvalue weighted by molar-refractivity contribution is 9.10. The van der Waals surface area contributed by atoms with Crippen molar-refractivity contribution in [2.24, 2.45) is 4.99 Å². The fraction of sp³-hybridized carbons (Fsp3) is 0.154. The second-order valence-corrected chi connectivity index (χ2v) is 10.2. The number of ether oxygens (including phenoxy) is 1. The molecule has 1 aliphatic rings. The monoisotopic (exact) mass is 585 g/mol. The van der Waals surface area contributed by atoms with Crippen LogP contribution in [-0.2, 0) is 11.4 Å². The van der Waals surface area contributed by atoms with Gasteiger partial charge < -0.3 is 4.74 Å². The number of aliphatic imine (C=N–C) groups is 1. The number of rotatable bonds is 8. The Bertz CT molecular complexity index is 1340. The average Bonchev–Trinajstić information content (AvgIpc) is 3.14. The molecular weight excluding hydrogens is 566 g/mol. The number of benzene rings is 3. The molecule has 0 aliphatic carbocycles. The summed E-state index contributed by atoms with van der Waals surface area (Å²) in [5, 5.41) is 12.1. The molecule has 0 radical (unpaired) electrons. The lowest BCUT2D eigenvalue weighted by atomic mass is 10.1. The maximum absolute atomic E-state index is 13.2. The van der Waals surface area contributed by atoms with Crippen LogP contribution in [0.25, 0.3) is 6.08 Å². The van der Waals surface area contributed by atoms with Gasteiger partial charge in [0.25, 0.3) is 11.6 Å². The largest absolute Gasteiger partial charge is 0.488 e. The van der Waals surface area contributed by atoms with Gasteiger partial charge in [0.1, 0.15) is 12.4 Å². The molecule has 184 valence electrons. The third-order valence-corrected chi connectivity index (χ3v) is 6.94. The maximum Gasteiger partial charge on any atom is 0.269 e. The van der Waals surface area contributed by atoms with Crippen LogP contribution in [0.1, 0.15) is 24.5 Å². The lowest BCUT2D eigenvalue weighted by Crippen LogP contribution is -2.29. The number of halogens is 2. The van der Waals surface area contributed by atoms with Gasteiger partial charge in [-0.15, -0.1) is 0 Å². The van der Waals surface area contributed by atoms with E-state index in [1.165, 1.54) is 23.9 Å². The molecule has 0 N–H and O–H groups in total. The predicted octanol–water partition coefficient (Wildman–Crippen LogP) is 7.60. The Labute approximate surface area is 226 Å². The van der Waals surface area contributed by atoms with Gasteiger partial charge in [-0.3, -0.25) is 19.8 Å². The van der Waals surface area contributed by atoms with Gasteiger partial charge in [-0.05, 0) is 84.4 Å². The highest BCUT2D eigenvalue weighted by atomic mass is 79.9. The number of thioether (sulfide) groups is 1. The molecule has 3 aromatic carbocycles. The fourth-order valence-electron chi connectivity index (χ4n) is 3.42. The highest BCUT2D eigenvalue weighted by Crippen LogP contribution is 2.36. The third-order valence-electron chi connectivity index (χ3n) is 5.19. The van der Waals surface area contributed by atoms with Crippen molar-refractivity contribution in [2.45, 2.75) is 20.0 Å². The Hall–Kier alpha value is -3.14. The van der Waals surface area contributed by atoms with Crippen LogP contribution >= 0.6 is 39.3 Å². The summed E-state index contributed by atoms with van der Waals surface area (Å²) >= 11 is 10.8. The lowest BCUT2D eigenvalue weighted by molar-refractivity contribution is -0.384. The number of nitro groups is 1. The van der Waals surface area contributed by atoms with E-state index in [9.17, 15) is 14.9 Å². The van der Waals surface area contributed by atoms with Gasteiger partial charge in [0.05, 0.1) is 15.5 Å². The molecule has 0 spiro atoms. The first kappa shape index (κ1) is 25.9. The molecule has 3 aromatic rings. The average molecular weight is 587 g/mol. The quantitative estimate of drug-likeness (QED) is 0.154. The molecular formula is C26H21BrClN3O4S. The number of amidine groups is 1. The van der Waals surface area contributed by atoms with E-state index in [4.69, 9.17) is 16.3 Å². The number of carbonyl (C=O) groups excluding carboxylic acids is 1. The minimum Gasteiger partial charge on any atom is -0.488 e. The van der Waals surface area contributed by atoms with Gasteiger partial charge in [0.2, 0.25) is 0 Å². The minimum absolute atomic E-state index is 0.0253. The van der Waals surface area contributed by atoms with Crippen molar-refractivity contribution in [3.8, 4) is 5.75 Å². The van der Waals surface area contributed by atoms with Crippen LogP contribution < -0.4 is 4.74 Å². The molecule has 7 nitrogen and oxygen atoms in total. The molecule has 4 rings (SSSR count). The third kappa shape index (κ3) is 6.34. The van der Waals surface area contributed by atoms with E-state index in [1.807, 2.05) is 37.3 Å². The number of nitrogens with zero attached hydrogens (tertiary/aromatic N) is 3. The van der Waals surface area contributed by atoms with E-state index in [0.717, 1.165) is 22.0 Å². The molecule has 1 heterocycles. The number of carbonyl (C=O) groups is 1. The van der Waals surface area contributed by atoms with Crippen molar-refractivity contribution >= 4 is 67.8 Å². The summed E-state index contributed by atoms with van der Waals surface area (Å²) in [5.74, 6) is 0.471. The number of hydrogen-bond acceptors (Lipinski definition) is 6. The fourth-order valence-corrected chi connectivity index (χ4v) is 4.94. The van der Waals surface area contributed by atoms with E-state index >= 15 is 0 Å². The summed E-state index contributed by atoms with van der Waals surface area (Å²) in [5.41, 5.74) is 2.26. The van der Waals surface area contributed by atoms with Crippen molar-refractivity contribution in [1.82, 2.24) is 4.90 Å². The zero-order valence-electron chi connectivity index (χ0n) is 19.2. The summed E-state index contributed by atoms with van der Waals surface area (Å²) in [6.45, 7) is 2.79. The Morgan fingerprint density at radius 1 is 1.14 bits per heavy atom. The molecule has 10 heteroatoms. The zero-order chi connectivity index (χ0) is 25.7. The van der Waals surface area contributed by atoms with Gasteiger partial charge in [-0.25, -0.2) is 4.99 Å². The molecule has 0 bridgehead atoms. The second-order valence-electron chi connectivity index (χ2n) is 7.83. The van der Waals surface area contributed by atoms with Crippen molar-refractivity contribution in [3.63, 3.8) is 0 Å². The van der Waals surface area contributed by atoms with E-state index < -0.39 is 4.92 Å². The summed E-state index contributed by atoms with van der Waals surface area (Å²) < 4.78 is 6.86. The predicted molar refractivity (Wildman–Crippen MR) is 148 cm³/mol. The van der Waals surface area contributed by atoms with Crippen molar-refractivity contribution in [1.29, 1.82) is 0 Å². The molecule has 1 saturated heterocycles. The summed E-state index contributed by atoms with van der Waals surface area (Å²) in [7, 11) is 0. The first-order valence-electron chi connectivity index (χ1n) is 11.1. The SMILES string of the molecule is CCCN1C(=O)/C(=C/c2cc(Br)ccc2OCc2ccc([N+](=O)[O-])cc2)SC1=Nc1ccc(Cl)cc1. The van der Waals surface area contributed by atoms with Gasteiger partial charge in [-0.2, -0.15) is 0 Å². The van der Waals surface area contributed by atoms with Crippen LogP contribution in [0.5, 0.6) is 5.75 Å². The zero-order valence-corrected chi connectivity index (χ0v) is 22.3. The number of amides is 1. The molecule has 0 aromatic heterocycles. The second kappa shape index (κ2) is 11.7. The molecule has 36 heavy (non-hydrogen) atoms. The Morgan fingerprint density at radius 2 is 1.86 bits per heavy atom. The molecule has 1 amide bonds. The van der Waals surface area contributed by atoms with E-state index in [0.29, 0.717) is 33.1 Å². The van der Waals surface area contributed by atoms with Crippen molar-refractivity contribution in [2.75, 3.05) is 6.54 Å². The summed E-state index contributed by atoms with van der Waals surface area (Å²) in [4.78, 5) is 30.6. The van der Waals surface area contributed by atoms with Crippen LogP contribution in [-0.4, -0.2) is 27.4 Å². The first-order valence-corrected chi connectivity index (χ1v) is 13.0. The number of non-ortho nitro benzene ring substituents is 1. The van der Waals surface area contributed by atoms with Crippen LogP contribution in [0, 0.1) is 10.1 Å². The van der Waals surface area contributed by atoms with Crippen LogP contribution in [0.3, 0.4) is 0 Å². The number of hydrogen-bond donors (Lipinski definition) is 0. The van der Waals surface area contributed by atoms with E-state index in [1.54, 1.807) is 35.2 Å². The van der Waals surface area contributed by atoms with Crippen LogP contribution in [0.4, 0.5) is 11.4 Å². The van der Waals surface area contributed by atoms with E-state index in [-0.39, 0.29) is 18.2 Å². The van der Waals surface area contributed by atoms with Gasteiger partial charge in [0, 0.05) is 33.7 Å². The van der Waals surface area contributed by atoms with Gasteiger partial charge >= 0.3 is 0 Å². The molecule has 1 aliphatic heterocycles. The Kier molecular flexibility index (Phi) is 8.45. The molecule has 0 saturated carbocycles. The van der Waals surface area contributed by atoms with Crippen LogP contribution in [0.15, 0.2) is 81.1 Å². The Balaban J connectivity index is 1.59. The van der Waals surface area contributed by atoms with Crippen LogP contribution in [0.2, 0.25) is 5.02 Å². The molecule has 1 fully saturated rings.